The highest BCUT2D eigenvalue weighted by molar-refractivity contribution is 5.95. The summed E-state index contributed by atoms with van der Waals surface area (Å²) in [6.07, 6.45) is 6.82. The van der Waals surface area contributed by atoms with Crippen LogP contribution in [0, 0.1) is 0 Å². The van der Waals surface area contributed by atoms with Gasteiger partial charge in [-0.15, -0.1) is 0 Å². The first-order chi connectivity index (χ1) is 9.75. The average molecular weight is 275 g/mol. The lowest BCUT2D eigenvalue weighted by molar-refractivity contribution is 0.0935. The average Bonchev–Trinajstić information content (AvgIpc) is 2.74. The number of rotatable bonds is 2. The van der Waals surface area contributed by atoms with Crippen LogP contribution in [0.3, 0.4) is 0 Å². The zero-order valence-corrected chi connectivity index (χ0v) is 11.5. The number of hydrogen-bond donors (Lipinski definition) is 3. The van der Waals surface area contributed by atoms with Gasteiger partial charge in [-0.1, -0.05) is 43.9 Å². The van der Waals surface area contributed by atoms with Crippen molar-refractivity contribution in [2.45, 2.75) is 44.6 Å². The number of benzene rings is 1. The fraction of sp³-hybridized carbons (Fsp3) is 0.467. The van der Waals surface area contributed by atoms with Crippen LogP contribution >= 0.6 is 0 Å². The van der Waals surface area contributed by atoms with Crippen molar-refractivity contribution in [2.24, 2.45) is 0 Å². The van der Waals surface area contributed by atoms with Gasteiger partial charge in [-0.25, -0.2) is 10.2 Å². The van der Waals surface area contributed by atoms with Gasteiger partial charge in [-0.05, 0) is 25.0 Å². The van der Waals surface area contributed by atoms with Crippen LogP contribution in [0.4, 0.5) is 4.79 Å². The zero-order valence-electron chi connectivity index (χ0n) is 11.5. The standard InChI is InChI=1S/C15H21N3O2/c19-14(12-8-4-3-5-9-12)17-18-15(20)16-13-10-6-1-2-7-11-13/h3-5,8-9,13H,1-2,6-7,10-11H2,(H,17,19)(H2,16,18,20). The fourth-order valence-electron chi connectivity index (χ4n) is 2.42. The first-order valence-corrected chi connectivity index (χ1v) is 7.17. The van der Waals surface area contributed by atoms with Gasteiger partial charge in [0.25, 0.3) is 5.91 Å². The lowest BCUT2D eigenvalue weighted by Crippen LogP contribution is -2.49. The summed E-state index contributed by atoms with van der Waals surface area (Å²) in [5, 5.41) is 2.90. The quantitative estimate of drug-likeness (QED) is 0.573. The van der Waals surface area contributed by atoms with Crippen molar-refractivity contribution in [3.8, 4) is 0 Å². The molecule has 5 heteroatoms. The molecule has 3 amide bonds. The van der Waals surface area contributed by atoms with Crippen molar-refractivity contribution in [3.05, 3.63) is 35.9 Å². The number of urea groups is 1. The van der Waals surface area contributed by atoms with Crippen LogP contribution in [-0.2, 0) is 0 Å². The van der Waals surface area contributed by atoms with E-state index < -0.39 is 0 Å². The topological polar surface area (TPSA) is 70.2 Å². The number of amides is 3. The van der Waals surface area contributed by atoms with E-state index in [9.17, 15) is 9.59 Å². The molecule has 20 heavy (non-hydrogen) atoms. The van der Waals surface area contributed by atoms with Crippen LogP contribution < -0.4 is 16.2 Å². The number of nitrogens with one attached hydrogen (secondary N) is 3. The molecule has 1 saturated carbocycles. The summed E-state index contributed by atoms with van der Waals surface area (Å²) in [5.41, 5.74) is 5.32. The van der Waals surface area contributed by atoms with Crippen molar-refractivity contribution in [3.63, 3.8) is 0 Å². The Labute approximate surface area is 119 Å². The highest BCUT2D eigenvalue weighted by atomic mass is 16.2. The van der Waals surface area contributed by atoms with E-state index in [1.807, 2.05) is 6.07 Å². The predicted molar refractivity (Wildman–Crippen MR) is 77.1 cm³/mol. The van der Waals surface area contributed by atoms with Gasteiger partial charge in [0, 0.05) is 11.6 Å². The molecule has 0 atom stereocenters. The Bertz CT molecular complexity index is 440. The molecule has 1 aliphatic rings. The second kappa shape index (κ2) is 7.53. The van der Waals surface area contributed by atoms with Crippen LogP contribution in [0.1, 0.15) is 48.9 Å². The Morgan fingerprint density at radius 1 is 0.900 bits per heavy atom. The highest BCUT2D eigenvalue weighted by Crippen LogP contribution is 2.16. The number of carbonyl (C=O) groups excluding carboxylic acids is 2. The molecule has 0 radical (unpaired) electrons. The Kier molecular flexibility index (Phi) is 5.41. The third-order valence-corrected chi connectivity index (χ3v) is 3.52. The zero-order chi connectivity index (χ0) is 14.2. The van der Waals surface area contributed by atoms with Crippen molar-refractivity contribution < 1.29 is 9.59 Å². The van der Waals surface area contributed by atoms with Crippen molar-refractivity contribution in [1.29, 1.82) is 0 Å². The molecule has 0 unspecified atom stereocenters. The lowest BCUT2D eigenvalue weighted by atomic mass is 10.1. The normalized spacial score (nSPS) is 16.0. The Morgan fingerprint density at radius 3 is 2.20 bits per heavy atom. The van der Waals surface area contributed by atoms with E-state index in [4.69, 9.17) is 0 Å². The summed E-state index contributed by atoms with van der Waals surface area (Å²) in [6, 6.07) is 8.65. The molecule has 1 aromatic rings. The van der Waals surface area contributed by atoms with Crippen LogP contribution in [-0.4, -0.2) is 18.0 Å². The first kappa shape index (κ1) is 14.4. The van der Waals surface area contributed by atoms with Gasteiger partial charge in [0.2, 0.25) is 0 Å². The second-order valence-corrected chi connectivity index (χ2v) is 5.11. The van der Waals surface area contributed by atoms with Crippen LogP contribution in [0.2, 0.25) is 0 Å². The molecule has 0 heterocycles. The number of carbonyl (C=O) groups is 2. The molecule has 0 bridgehead atoms. The van der Waals surface area contributed by atoms with Gasteiger partial charge in [0.1, 0.15) is 0 Å². The molecule has 5 nitrogen and oxygen atoms in total. The van der Waals surface area contributed by atoms with Crippen LogP contribution in [0.5, 0.6) is 0 Å². The third kappa shape index (κ3) is 4.57. The van der Waals surface area contributed by atoms with Crippen molar-refractivity contribution >= 4 is 11.9 Å². The maximum Gasteiger partial charge on any atom is 0.333 e. The molecule has 0 spiro atoms. The Morgan fingerprint density at radius 2 is 1.55 bits per heavy atom. The molecule has 0 saturated heterocycles. The third-order valence-electron chi connectivity index (χ3n) is 3.52. The summed E-state index contributed by atoms with van der Waals surface area (Å²) in [5.74, 6) is -0.318. The summed E-state index contributed by atoms with van der Waals surface area (Å²) in [4.78, 5) is 23.5. The Balaban J connectivity index is 1.73. The predicted octanol–water partition coefficient (Wildman–Crippen LogP) is 2.35. The monoisotopic (exact) mass is 275 g/mol. The van der Waals surface area contributed by atoms with E-state index in [-0.39, 0.29) is 18.0 Å². The van der Waals surface area contributed by atoms with E-state index in [1.165, 1.54) is 12.8 Å². The molecular formula is C15H21N3O2. The molecular weight excluding hydrogens is 254 g/mol. The summed E-state index contributed by atoms with van der Waals surface area (Å²) in [6.45, 7) is 0. The molecule has 0 aromatic heterocycles. The van der Waals surface area contributed by atoms with E-state index in [2.05, 4.69) is 16.2 Å². The second-order valence-electron chi connectivity index (χ2n) is 5.11. The Hall–Kier alpha value is -2.04. The molecule has 2 rings (SSSR count). The number of hydrogen-bond acceptors (Lipinski definition) is 2. The van der Waals surface area contributed by atoms with Crippen molar-refractivity contribution in [1.82, 2.24) is 16.2 Å². The lowest BCUT2D eigenvalue weighted by Gasteiger charge is -2.16. The van der Waals surface area contributed by atoms with Gasteiger partial charge >= 0.3 is 6.03 Å². The van der Waals surface area contributed by atoms with Gasteiger partial charge < -0.3 is 5.32 Å². The number of hydrazine groups is 1. The molecule has 1 fully saturated rings. The van der Waals surface area contributed by atoms with E-state index in [0.717, 1.165) is 25.7 Å². The minimum atomic E-state index is -0.346. The van der Waals surface area contributed by atoms with E-state index >= 15 is 0 Å². The van der Waals surface area contributed by atoms with Crippen LogP contribution in [0.25, 0.3) is 0 Å². The summed E-state index contributed by atoms with van der Waals surface area (Å²) in [7, 11) is 0. The fourth-order valence-corrected chi connectivity index (χ4v) is 2.42. The van der Waals surface area contributed by atoms with Crippen molar-refractivity contribution in [2.75, 3.05) is 0 Å². The molecule has 108 valence electrons. The van der Waals surface area contributed by atoms with Gasteiger partial charge in [0.15, 0.2) is 0 Å². The van der Waals surface area contributed by atoms with Gasteiger partial charge in [-0.2, -0.15) is 0 Å². The molecule has 1 aromatic carbocycles. The smallest absolute Gasteiger partial charge is 0.333 e. The maximum absolute atomic E-state index is 11.7. The molecule has 0 aliphatic heterocycles. The summed E-state index contributed by atoms with van der Waals surface area (Å²) < 4.78 is 0. The maximum atomic E-state index is 11.7. The highest BCUT2D eigenvalue weighted by Gasteiger charge is 2.14. The minimum Gasteiger partial charge on any atom is -0.334 e. The SMILES string of the molecule is O=C(NNC(=O)c1ccccc1)NC1CCCCCC1. The van der Waals surface area contributed by atoms with E-state index in [0.29, 0.717) is 5.56 Å². The van der Waals surface area contributed by atoms with E-state index in [1.54, 1.807) is 24.3 Å². The minimum absolute atomic E-state index is 0.214. The summed E-state index contributed by atoms with van der Waals surface area (Å²) >= 11 is 0. The largest absolute Gasteiger partial charge is 0.334 e. The first-order valence-electron chi connectivity index (χ1n) is 7.17. The van der Waals surface area contributed by atoms with Gasteiger partial charge in [0.05, 0.1) is 0 Å². The molecule has 3 N–H and O–H groups in total. The van der Waals surface area contributed by atoms with Crippen LogP contribution in [0.15, 0.2) is 30.3 Å². The molecule has 1 aliphatic carbocycles. The van der Waals surface area contributed by atoms with Gasteiger partial charge in [-0.3, -0.25) is 10.2 Å².